The molecule has 0 bridgehead atoms. The van der Waals surface area contributed by atoms with Crippen LogP contribution in [0.3, 0.4) is 0 Å². The Bertz CT molecular complexity index is 505. The lowest BCUT2D eigenvalue weighted by molar-refractivity contribution is 0.202. The molecule has 2 aromatic rings. The minimum Gasteiger partial charge on any atom is -0.406 e. The molecule has 0 unspecified atom stereocenters. The number of hydrogen-bond donors (Lipinski definition) is 1. The topological polar surface area (TPSA) is 54.2 Å². The highest BCUT2D eigenvalue weighted by molar-refractivity contribution is 5.50. The average molecular weight is 258 g/mol. The molecule has 1 aromatic carbocycles. The maximum Gasteiger partial charge on any atom is 0.320 e. The molecule has 3 rings (SSSR count). The van der Waals surface area contributed by atoms with Crippen molar-refractivity contribution in [1.82, 2.24) is 15.1 Å². The van der Waals surface area contributed by atoms with E-state index < -0.39 is 0 Å². The van der Waals surface area contributed by atoms with E-state index in [0.29, 0.717) is 11.9 Å². The van der Waals surface area contributed by atoms with E-state index in [-0.39, 0.29) is 0 Å². The van der Waals surface area contributed by atoms with Crippen LogP contribution in [-0.2, 0) is 6.54 Å². The van der Waals surface area contributed by atoms with E-state index in [0.717, 1.165) is 25.3 Å². The smallest absolute Gasteiger partial charge is 0.320 e. The highest BCUT2D eigenvalue weighted by atomic mass is 16.4. The summed E-state index contributed by atoms with van der Waals surface area (Å²) >= 11 is 0. The number of nitrogens with one attached hydrogen (secondary N) is 1. The van der Waals surface area contributed by atoms with Gasteiger partial charge in [-0.2, -0.15) is 0 Å². The Morgan fingerprint density at radius 2 is 1.84 bits per heavy atom. The van der Waals surface area contributed by atoms with Crippen molar-refractivity contribution in [2.45, 2.75) is 25.8 Å². The molecule has 1 aromatic heterocycles. The predicted octanol–water partition coefficient (Wildman–Crippen LogP) is 2.80. The van der Waals surface area contributed by atoms with E-state index in [4.69, 9.17) is 4.42 Å². The monoisotopic (exact) mass is 258 g/mol. The Morgan fingerprint density at radius 3 is 2.63 bits per heavy atom. The zero-order chi connectivity index (χ0) is 12.9. The Morgan fingerprint density at radius 1 is 1.05 bits per heavy atom. The van der Waals surface area contributed by atoms with Gasteiger partial charge in [0.25, 0.3) is 0 Å². The van der Waals surface area contributed by atoms with Crippen LogP contribution in [0.25, 0.3) is 0 Å². The van der Waals surface area contributed by atoms with Crippen molar-refractivity contribution in [3.8, 4) is 0 Å². The van der Waals surface area contributed by atoms with Crippen molar-refractivity contribution >= 4 is 11.7 Å². The summed E-state index contributed by atoms with van der Waals surface area (Å²) in [5.74, 6) is 0.681. The Balaban J connectivity index is 1.59. The third-order valence-corrected chi connectivity index (χ3v) is 3.30. The average Bonchev–Trinajstić information content (AvgIpc) is 2.88. The van der Waals surface area contributed by atoms with Crippen LogP contribution >= 0.6 is 0 Å². The minimum atomic E-state index is 0.457. The summed E-state index contributed by atoms with van der Waals surface area (Å²) in [6.07, 6.45) is 3.87. The first-order valence-electron chi connectivity index (χ1n) is 6.77. The second-order valence-electron chi connectivity index (χ2n) is 4.83. The van der Waals surface area contributed by atoms with Crippen molar-refractivity contribution in [3.63, 3.8) is 0 Å². The number of benzene rings is 1. The SMILES string of the molecule is c1ccc(Nc2nnc(CN3CCCCC3)o2)cc1. The molecule has 1 aliphatic heterocycles. The zero-order valence-electron chi connectivity index (χ0n) is 10.9. The second-order valence-corrected chi connectivity index (χ2v) is 4.83. The van der Waals surface area contributed by atoms with E-state index in [9.17, 15) is 0 Å². The molecule has 100 valence electrons. The van der Waals surface area contributed by atoms with Gasteiger partial charge in [0.05, 0.1) is 6.54 Å². The fourth-order valence-electron chi connectivity index (χ4n) is 2.32. The summed E-state index contributed by atoms with van der Waals surface area (Å²) in [7, 11) is 0. The minimum absolute atomic E-state index is 0.457. The Kier molecular flexibility index (Phi) is 3.74. The van der Waals surface area contributed by atoms with Gasteiger partial charge in [-0.25, -0.2) is 0 Å². The molecular weight excluding hydrogens is 240 g/mol. The summed E-state index contributed by atoms with van der Waals surface area (Å²) in [4.78, 5) is 2.36. The molecule has 0 saturated carbocycles. The van der Waals surface area contributed by atoms with Crippen LogP contribution in [0.15, 0.2) is 34.7 Å². The summed E-state index contributed by atoms with van der Waals surface area (Å²) in [5.41, 5.74) is 0.954. The number of rotatable bonds is 4. The van der Waals surface area contributed by atoms with Crippen LogP contribution in [-0.4, -0.2) is 28.2 Å². The predicted molar refractivity (Wildman–Crippen MR) is 73.2 cm³/mol. The van der Waals surface area contributed by atoms with Crippen LogP contribution < -0.4 is 5.32 Å². The molecule has 1 fully saturated rings. The molecule has 0 amide bonds. The van der Waals surface area contributed by atoms with Crippen molar-refractivity contribution in [2.24, 2.45) is 0 Å². The van der Waals surface area contributed by atoms with Crippen LogP contribution in [0, 0.1) is 0 Å². The maximum atomic E-state index is 5.62. The van der Waals surface area contributed by atoms with Crippen molar-refractivity contribution in [2.75, 3.05) is 18.4 Å². The van der Waals surface area contributed by atoms with E-state index in [1.54, 1.807) is 0 Å². The summed E-state index contributed by atoms with van der Waals surface area (Å²) < 4.78 is 5.62. The third-order valence-electron chi connectivity index (χ3n) is 3.30. The zero-order valence-corrected chi connectivity index (χ0v) is 10.9. The largest absolute Gasteiger partial charge is 0.406 e. The van der Waals surface area contributed by atoms with Gasteiger partial charge in [0.2, 0.25) is 5.89 Å². The lowest BCUT2D eigenvalue weighted by Crippen LogP contribution is -2.29. The molecule has 5 nitrogen and oxygen atoms in total. The van der Waals surface area contributed by atoms with Gasteiger partial charge in [0.1, 0.15) is 0 Å². The lowest BCUT2D eigenvalue weighted by Gasteiger charge is -2.24. The van der Waals surface area contributed by atoms with Gasteiger partial charge < -0.3 is 9.73 Å². The van der Waals surface area contributed by atoms with E-state index in [1.807, 2.05) is 30.3 Å². The molecule has 1 N–H and O–H groups in total. The first-order valence-corrected chi connectivity index (χ1v) is 6.77. The van der Waals surface area contributed by atoms with Gasteiger partial charge in [-0.15, -0.1) is 5.10 Å². The van der Waals surface area contributed by atoms with E-state index in [1.165, 1.54) is 19.3 Å². The highest BCUT2D eigenvalue weighted by Crippen LogP contribution is 2.16. The van der Waals surface area contributed by atoms with Crippen LogP contribution in [0.4, 0.5) is 11.7 Å². The van der Waals surface area contributed by atoms with Crippen LogP contribution in [0.2, 0.25) is 0 Å². The fraction of sp³-hybridized carbons (Fsp3) is 0.429. The van der Waals surface area contributed by atoms with E-state index in [2.05, 4.69) is 20.4 Å². The Hall–Kier alpha value is -1.88. The molecular formula is C14H18N4O. The number of aromatic nitrogens is 2. The van der Waals surface area contributed by atoms with Gasteiger partial charge >= 0.3 is 6.01 Å². The summed E-state index contributed by atoms with van der Waals surface area (Å²) in [6, 6.07) is 10.3. The lowest BCUT2D eigenvalue weighted by atomic mass is 10.1. The number of nitrogens with zero attached hydrogens (tertiary/aromatic N) is 3. The number of para-hydroxylation sites is 1. The second kappa shape index (κ2) is 5.84. The van der Waals surface area contributed by atoms with Crippen molar-refractivity contribution < 1.29 is 4.42 Å². The summed E-state index contributed by atoms with van der Waals surface area (Å²) in [6.45, 7) is 3.01. The van der Waals surface area contributed by atoms with Crippen molar-refractivity contribution in [3.05, 3.63) is 36.2 Å². The molecule has 5 heteroatoms. The van der Waals surface area contributed by atoms with E-state index >= 15 is 0 Å². The van der Waals surface area contributed by atoms with Crippen LogP contribution in [0.5, 0.6) is 0 Å². The first kappa shape index (κ1) is 12.2. The van der Waals surface area contributed by atoms with Gasteiger partial charge in [0.15, 0.2) is 0 Å². The molecule has 1 saturated heterocycles. The molecule has 19 heavy (non-hydrogen) atoms. The quantitative estimate of drug-likeness (QED) is 0.914. The number of anilines is 2. The summed E-state index contributed by atoms with van der Waals surface area (Å²) in [5, 5.41) is 11.2. The van der Waals surface area contributed by atoms with Gasteiger partial charge in [-0.3, -0.25) is 4.90 Å². The third kappa shape index (κ3) is 3.32. The molecule has 0 spiro atoms. The van der Waals surface area contributed by atoms with Gasteiger partial charge in [-0.1, -0.05) is 29.7 Å². The maximum absolute atomic E-state index is 5.62. The molecule has 1 aliphatic rings. The highest BCUT2D eigenvalue weighted by Gasteiger charge is 2.14. The Labute approximate surface area is 112 Å². The van der Waals surface area contributed by atoms with Crippen molar-refractivity contribution in [1.29, 1.82) is 0 Å². The molecule has 2 heterocycles. The normalized spacial score (nSPS) is 16.4. The standard InChI is InChI=1S/C14H18N4O/c1-3-7-12(8-4-1)15-14-17-16-13(19-14)11-18-9-5-2-6-10-18/h1,3-4,7-8H,2,5-6,9-11H2,(H,15,17). The van der Waals surface area contributed by atoms with Crippen LogP contribution in [0.1, 0.15) is 25.2 Å². The number of hydrogen-bond acceptors (Lipinski definition) is 5. The number of likely N-dealkylation sites (tertiary alicyclic amines) is 1. The number of piperidine rings is 1. The molecule has 0 aliphatic carbocycles. The van der Waals surface area contributed by atoms with Gasteiger partial charge in [-0.05, 0) is 38.1 Å². The molecule has 0 radical (unpaired) electrons. The molecule has 0 atom stereocenters. The van der Waals surface area contributed by atoms with Gasteiger partial charge in [0, 0.05) is 5.69 Å². The first-order chi connectivity index (χ1) is 9.40. The fourth-order valence-corrected chi connectivity index (χ4v) is 2.32.